The van der Waals surface area contributed by atoms with Crippen molar-refractivity contribution in [1.82, 2.24) is 5.32 Å². The molecule has 20 heavy (non-hydrogen) atoms. The molecule has 3 rings (SSSR count). The maximum Gasteiger partial charge on any atom is 0.324 e. The van der Waals surface area contributed by atoms with Gasteiger partial charge >= 0.3 is 5.97 Å². The third-order valence-electron chi connectivity index (χ3n) is 3.97. The Labute approximate surface area is 124 Å². The lowest BCUT2D eigenvalue weighted by molar-refractivity contribution is -0.144. The highest BCUT2D eigenvalue weighted by Crippen LogP contribution is 2.26. The van der Waals surface area contributed by atoms with E-state index in [4.69, 9.17) is 0 Å². The van der Waals surface area contributed by atoms with Crippen LogP contribution in [-0.4, -0.2) is 23.2 Å². The smallest absolute Gasteiger partial charge is 0.324 e. The highest BCUT2D eigenvalue weighted by atomic mass is 35.5. The number of hydrogen-bond acceptors (Lipinski definition) is 2. The Hall–Kier alpha value is -1.58. The SMILES string of the molecule is Cl.O=C(O)[C@]1(Cc2ccc3ccccc3c2)CCCN1. The van der Waals surface area contributed by atoms with Crippen molar-refractivity contribution < 1.29 is 9.90 Å². The Morgan fingerprint density at radius 1 is 1.20 bits per heavy atom. The van der Waals surface area contributed by atoms with Crippen LogP contribution in [0.4, 0.5) is 0 Å². The fourth-order valence-corrected chi connectivity index (χ4v) is 2.91. The largest absolute Gasteiger partial charge is 0.480 e. The molecule has 1 aliphatic rings. The van der Waals surface area contributed by atoms with Crippen LogP contribution in [0.5, 0.6) is 0 Å². The lowest BCUT2D eigenvalue weighted by atomic mass is 9.88. The molecule has 0 unspecified atom stereocenters. The van der Waals surface area contributed by atoms with Crippen LogP contribution in [0.25, 0.3) is 10.8 Å². The summed E-state index contributed by atoms with van der Waals surface area (Å²) in [5.74, 6) is -0.738. The van der Waals surface area contributed by atoms with Gasteiger partial charge in [-0.15, -0.1) is 12.4 Å². The predicted molar refractivity (Wildman–Crippen MR) is 82.5 cm³/mol. The number of nitrogens with one attached hydrogen (secondary N) is 1. The van der Waals surface area contributed by atoms with Gasteiger partial charge in [0.15, 0.2) is 0 Å². The molecule has 0 radical (unpaired) electrons. The Morgan fingerprint density at radius 3 is 2.60 bits per heavy atom. The monoisotopic (exact) mass is 291 g/mol. The van der Waals surface area contributed by atoms with Crippen molar-refractivity contribution in [1.29, 1.82) is 0 Å². The van der Waals surface area contributed by atoms with Gasteiger partial charge in [-0.05, 0) is 35.7 Å². The minimum atomic E-state index is -0.775. The summed E-state index contributed by atoms with van der Waals surface area (Å²) in [4.78, 5) is 11.5. The summed E-state index contributed by atoms with van der Waals surface area (Å²) < 4.78 is 0. The van der Waals surface area contributed by atoms with E-state index in [1.54, 1.807) is 0 Å². The molecule has 3 nitrogen and oxygen atoms in total. The van der Waals surface area contributed by atoms with Gasteiger partial charge < -0.3 is 10.4 Å². The average Bonchev–Trinajstić information content (AvgIpc) is 2.88. The van der Waals surface area contributed by atoms with Gasteiger partial charge in [-0.3, -0.25) is 4.79 Å². The maximum atomic E-state index is 11.5. The lowest BCUT2D eigenvalue weighted by Gasteiger charge is -2.24. The van der Waals surface area contributed by atoms with Crippen LogP contribution >= 0.6 is 12.4 Å². The van der Waals surface area contributed by atoms with Crippen molar-refractivity contribution in [2.75, 3.05) is 6.54 Å². The number of carboxylic acids is 1. The van der Waals surface area contributed by atoms with Gasteiger partial charge in [0, 0.05) is 6.42 Å². The normalized spacial score (nSPS) is 21.6. The molecule has 2 aromatic carbocycles. The van der Waals surface area contributed by atoms with Gasteiger partial charge in [-0.25, -0.2) is 0 Å². The third kappa shape index (κ3) is 2.65. The zero-order chi connectivity index (χ0) is 13.3. The first-order valence-electron chi connectivity index (χ1n) is 6.66. The quantitative estimate of drug-likeness (QED) is 0.914. The van der Waals surface area contributed by atoms with Crippen molar-refractivity contribution >= 4 is 29.1 Å². The number of carboxylic acid groups (broad SMARTS) is 1. The number of carbonyl (C=O) groups is 1. The topological polar surface area (TPSA) is 49.3 Å². The summed E-state index contributed by atoms with van der Waals surface area (Å²) in [6.07, 6.45) is 2.18. The van der Waals surface area contributed by atoms with E-state index in [1.807, 2.05) is 18.2 Å². The molecule has 0 bridgehead atoms. The first-order valence-corrected chi connectivity index (χ1v) is 6.66. The Morgan fingerprint density at radius 2 is 1.95 bits per heavy atom. The molecule has 0 amide bonds. The molecule has 106 valence electrons. The van der Waals surface area contributed by atoms with Gasteiger partial charge in [0.05, 0.1) is 0 Å². The summed E-state index contributed by atoms with van der Waals surface area (Å²) in [7, 11) is 0. The number of benzene rings is 2. The van der Waals surface area contributed by atoms with Gasteiger partial charge in [0.1, 0.15) is 5.54 Å². The van der Waals surface area contributed by atoms with Gasteiger partial charge in [0.2, 0.25) is 0 Å². The van der Waals surface area contributed by atoms with Crippen molar-refractivity contribution in [3.8, 4) is 0 Å². The molecular formula is C16H18ClNO2. The molecule has 4 heteroatoms. The molecule has 1 saturated heterocycles. The molecule has 0 saturated carbocycles. The average molecular weight is 292 g/mol. The van der Waals surface area contributed by atoms with E-state index >= 15 is 0 Å². The first kappa shape index (κ1) is 14.8. The van der Waals surface area contributed by atoms with Crippen LogP contribution in [0, 0.1) is 0 Å². The van der Waals surface area contributed by atoms with Gasteiger partial charge in [-0.2, -0.15) is 0 Å². The van der Waals surface area contributed by atoms with E-state index < -0.39 is 11.5 Å². The molecule has 1 heterocycles. The Kier molecular flexibility index (Phi) is 4.31. The molecule has 0 aliphatic carbocycles. The first-order chi connectivity index (χ1) is 9.20. The molecule has 1 atom stereocenters. The zero-order valence-electron chi connectivity index (χ0n) is 11.1. The fraction of sp³-hybridized carbons (Fsp3) is 0.312. The fourth-order valence-electron chi connectivity index (χ4n) is 2.91. The molecule has 2 N–H and O–H groups in total. The van der Waals surface area contributed by atoms with Gasteiger partial charge in [-0.1, -0.05) is 42.5 Å². The van der Waals surface area contributed by atoms with E-state index in [0.29, 0.717) is 12.8 Å². The van der Waals surface area contributed by atoms with Crippen LogP contribution in [0.2, 0.25) is 0 Å². The second-order valence-electron chi connectivity index (χ2n) is 5.28. The van der Waals surface area contributed by atoms with Crippen LogP contribution < -0.4 is 5.32 Å². The highest BCUT2D eigenvalue weighted by molar-refractivity contribution is 5.85. The summed E-state index contributed by atoms with van der Waals surface area (Å²) in [5, 5.41) is 15.0. The second kappa shape index (κ2) is 5.81. The molecular weight excluding hydrogens is 274 g/mol. The van der Waals surface area contributed by atoms with E-state index in [-0.39, 0.29) is 12.4 Å². The van der Waals surface area contributed by atoms with Crippen molar-refractivity contribution in [2.45, 2.75) is 24.8 Å². The molecule has 1 fully saturated rings. The Bertz CT molecular complexity index is 621. The zero-order valence-corrected chi connectivity index (χ0v) is 12.0. The number of hydrogen-bond donors (Lipinski definition) is 2. The third-order valence-corrected chi connectivity index (χ3v) is 3.97. The summed E-state index contributed by atoms with van der Waals surface area (Å²) in [6, 6.07) is 14.3. The number of rotatable bonds is 3. The van der Waals surface area contributed by atoms with Crippen LogP contribution in [0.3, 0.4) is 0 Å². The molecule has 0 aromatic heterocycles. The van der Waals surface area contributed by atoms with Crippen LogP contribution in [0.1, 0.15) is 18.4 Å². The summed E-state index contributed by atoms with van der Waals surface area (Å²) in [6.45, 7) is 0.792. The highest BCUT2D eigenvalue weighted by Gasteiger charge is 2.40. The lowest BCUT2D eigenvalue weighted by Crippen LogP contribution is -2.49. The van der Waals surface area contributed by atoms with Crippen molar-refractivity contribution in [2.24, 2.45) is 0 Å². The van der Waals surface area contributed by atoms with Crippen molar-refractivity contribution in [3.63, 3.8) is 0 Å². The van der Waals surface area contributed by atoms with Gasteiger partial charge in [0.25, 0.3) is 0 Å². The summed E-state index contributed by atoms with van der Waals surface area (Å²) in [5.41, 5.74) is 0.304. The predicted octanol–water partition coefficient (Wildman–Crippen LogP) is 3.01. The van der Waals surface area contributed by atoms with E-state index in [9.17, 15) is 9.90 Å². The minimum Gasteiger partial charge on any atom is -0.480 e. The van der Waals surface area contributed by atoms with Crippen molar-refractivity contribution in [3.05, 3.63) is 48.0 Å². The van der Waals surface area contributed by atoms with E-state index in [1.165, 1.54) is 10.8 Å². The van der Waals surface area contributed by atoms with Crippen LogP contribution in [-0.2, 0) is 11.2 Å². The number of halogens is 1. The standard InChI is InChI=1S/C16H17NO2.ClH/c18-15(19)16(8-3-9-17-16)11-12-6-7-13-4-1-2-5-14(13)10-12;/h1-2,4-7,10,17H,3,8-9,11H2,(H,18,19);1H/t16-;/m1./s1. The molecule has 2 aromatic rings. The Balaban J connectivity index is 0.00000147. The minimum absolute atomic E-state index is 0. The van der Waals surface area contributed by atoms with Crippen LogP contribution in [0.15, 0.2) is 42.5 Å². The maximum absolute atomic E-state index is 11.5. The number of aliphatic carboxylic acids is 1. The number of fused-ring (bicyclic) bond motifs is 1. The van der Waals surface area contributed by atoms with E-state index in [2.05, 4.69) is 29.6 Å². The molecule has 1 aliphatic heterocycles. The second-order valence-corrected chi connectivity index (χ2v) is 5.28. The van der Waals surface area contributed by atoms with E-state index in [0.717, 1.165) is 18.5 Å². The molecule has 0 spiro atoms. The summed E-state index contributed by atoms with van der Waals surface area (Å²) >= 11 is 0.